The van der Waals surface area contributed by atoms with Gasteiger partial charge in [-0.05, 0) is 54.5 Å². The Labute approximate surface area is 188 Å². The van der Waals surface area contributed by atoms with Crippen LogP contribution in [0.25, 0.3) is 22.8 Å². The number of H-pyrrole nitrogens is 1. The summed E-state index contributed by atoms with van der Waals surface area (Å²) in [6.07, 6.45) is -1.42. The highest BCUT2D eigenvalue weighted by Gasteiger charge is 2.35. The molecule has 2 aromatic carbocycles. The number of aryl methyl sites for hydroxylation is 1. The molecule has 3 N–H and O–H groups in total. The van der Waals surface area contributed by atoms with Gasteiger partial charge in [0.1, 0.15) is 11.6 Å². The molecule has 6 nitrogen and oxygen atoms in total. The third-order valence-corrected chi connectivity index (χ3v) is 6.07. The first-order valence-corrected chi connectivity index (χ1v) is 10.4. The number of anilines is 1. The minimum atomic E-state index is -4.49. The van der Waals surface area contributed by atoms with E-state index >= 15 is 0 Å². The Morgan fingerprint density at radius 3 is 2.78 bits per heavy atom. The Morgan fingerprint density at radius 1 is 1.25 bits per heavy atom. The van der Waals surface area contributed by atoms with Gasteiger partial charge in [-0.1, -0.05) is 15.9 Å². The molecule has 0 fully saturated rings. The normalized spacial score (nSPS) is 13.5. The monoisotopic (exact) mass is 501 g/mol. The van der Waals surface area contributed by atoms with Crippen LogP contribution in [0.5, 0.6) is 0 Å². The first-order valence-electron chi connectivity index (χ1n) is 9.57. The molecule has 0 radical (unpaired) electrons. The highest BCUT2D eigenvalue weighted by atomic mass is 79.9. The van der Waals surface area contributed by atoms with Crippen molar-refractivity contribution in [1.29, 1.82) is 0 Å². The number of hydrogen-bond donors (Lipinski definition) is 2. The van der Waals surface area contributed by atoms with E-state index in [2.05, 4.69) is 31.0 Å². The molecule has 2 heterocycles. The first-order chi connectivity index (χ1) is 15.1. The molecular weight excluding hydrogens is 487 g/mol. The van der Waals surface area contributed by atoms with Gasteiger partial charge in [0.15, 0.2) is 5.78 Å². The predicted octanol–water partition coefficient (Wildman–Crippen LogP) is 5.24. The molecule has 10 heteroatoms. The first kappa shape index (κ1) is 20.5. The molecule has 2 aromatic heterocycles. The van der Waals surface area contributed by atoms with E-state index in [9.17, 15) is 18.0 Å². The molecule has 4 aromatic rings. The zero-order valence-corrected chi connectivity index (χ0v) is 18.2. The van der Waals surface area contributed by atoms with Gasteiger partial charge in [-0.3, -0.25) is 4.79 Å². The molecular formula is C22H15BrF3N5O. The van der Waals surface area contributed by atoms with E-state index in [0.29, 0.717) is 22.4 Å². The van der Waals surface area contributed by atoms with Crippen LogP contribution in [0.4, 0.5) is 19.0 Å². The molecule has 1 aliphatic rings. The topological polar surface area (TPSA) is 89.6 Å². The van der Waals surface area contributed by atoms with Gasteiger partial charge in [0.2, 0.25) is 0 Å². The number of aromatic amines is 1. The average Bonchev–Trinajstić information content (AvgIpc) is 3.40. The smallest absolute Gasteiger partial charge is 0.383 e. The summed E-state index contributed by atoms with van der Waals surface area (Å²) in [6, 6.07) is 7.90. The lowest BCUT2D eigenvalue weighted by molar-refractivity contribution is -0.138. The molecule has 0 saturated heterocycles. The largest absolute Gasteiger partial charge is 0.417 e. The number of benzene rings is 2. The molecule has 0 saturated carbocycles. The second-order valence-corrected chi connectivity index (χ2v) is 8.44. The summed E-state index contributed by atoms with van der Waals surface area (Å²) >= 11 is 2.97. The van der Waals surface area contributed by atoms with Crippen molar-refractivity contribution in [3.63, 3.8) is 0 Å². The second kappa shape index (κ2) is 7.06. The van der Waals surface area contributed by atoms with Crippen molar-refractivity contribution in [2.24, 2.45) is 0 Å². The number of allylic oxidation sites excluding steroid dienone is 1. The minimum absolute atomic E-state index is 0.0644. The van der Waals surface area contributed by atoms with E-state index in [0.717, 1.165) is 22.9 Å². The van der Waals surface area contributed by atoms with Crippen LogP contribution in [-0.2, 0) is 12.6 Å². The fourth-order valence-corrected chi connectivity index (χ4v) is 4.48. The van der Waals surface area contributed by atoms with Gasteiger partial charge >= 0.3 is 6.18 Å². The number of halogens is 4. The Balaban J connectivity index is 1.46. The van der Waals surface area contributed by atoms with Crippen LogP contribution in [0.2, 0.25) is 0 Å². The Bertz CT molecular complexity index is 1450. The van der Waals surface area contributed by atoms with Crippen molar-refractivity contribution < 1.29 is 18.0 Å². The van der Waals surface area contributed by atoms with Crippen molar-refractivity contribution in [3.05, 3.63) is 74.7 Å². The van der Waals surface area contributed by atoms with Crippen molar-refractivity contribution in [3.8, 4) is 5.69 Å². The van der Waals surface area contributed by atoms with Crippen molar-refractivity contribution >= 4 is 44.6 Å². The van der Waals surface area contributed by atoms with Gasteiger partial charge < -0.3 is 10.7 Å². The maximum atomic E-state index is 13.2. The Morgan fingerprint density at radius 2 is 2.03 bits per heavy atom. The van der Waals surface area contributed by atoms with Gasteiger partial charge in [0.25, 0.3) is 0 Å². The van der Waals surface area contributed by atoms with E-state index in [-0.39, 0.29) is 28.1 Å². The van der Waals surface area contributed by atoms with Gasteiger partial charge in [-0.25, -0.2) is 9.67 Å². The zero-order chi connectivity index (χ0) is 22.8. The maximum Gasteiger partial charge on any atom is 0.417 e. The lowest BCUT2D eigenvalue weighted by atomic mass is 10.0. The Kier molecular flexibility index (Phi) is 4.52. The fraction of sp³-hybridized carbons (Fsp3) is 0.136. The molecule has 0 spiro atoms. The quantitative estimate of drug-likeness (QED) is 0.375. The number of carbonyl (C=O) groups is 1. The highest BCUT2D eigenvalue weighted by Crippen LogP contribution is 2.39. The van der Waals surface area contributed by atoms with E-state index in [1.165, 1.54) is 16.9 Å². The lowest BCUT2D eigenvalue weighted by Gasteiger charge is -2.11. The van der Waals surface area contributed by atoms with Crippen LogP contribution >= 0.6 is 15.9 Å². The van der Waals surface area contributed by atoms with E-state index in [1.807, 2.05) is 19.1 Å². The van der Waals surface area contributed by atoms with E-state index in [1.54, 1.807) is 12.1 Å². The van der Waals surface area contributed by atoms with Crippen LogP contribution in [0, 0.1) is 6.92 Å². The lowest BCUT2D eigenvalue weighted by Crippen LogP contribution is -2.09. The molecule has 0 bridgehead atoms. The summed E-state index contributed by atoms with van der Waals surface area (Å²) in [6.45, 7) is 1.85. The number of imidazole rings is 1. The summed E-state index contributed by atoms with van der Waals surface area (Å²) in [5.41, 5.74) is 9.29. The van der Waals surface area contributed by atoms with Gasteiger partial charge in [0.05, 0.1) is 34.0 Å². The van der Waals surface area contributed by atoms with Crippen LogP contribution in [0.3, 0.4) is 0 Å². The molecule has 5 rings (SSSR count). The van der Waals surface area contributed by atoms with Crippen molar-refractivity contribution in [2.75, 3.05) is 5.73 Å². The van der Waals surface area contributed by atoms with Crippen LogP contribution in [0.1, 0.15) is 32.9 Å². The number of aromatic nitrogens is 4. The van der Waals surface area contributed by atoms with E-state index < -0.39 is 11.7 Å². The standard InChI is InChI=1S/C22H15BrF3N5O/c1-10-29-18-3-2-14(8-19(18)30-10)31-21(27)15(9-28-31)20(32)13-4-11-6-16(22(24,25)26)17(23)7-12(11)5-13/h2-3,5-9H,4,27H2,1H3,(H,29,30). The molecule has 32 heavy (non-hydrogen) atoms. The molecule has 1 aliphatic carbocycles. The Hall–Kier alpha value is -3.40. The number of nitrogens with one attached hydrogen (secondary N) is 1. The third kappa shape index (κ3) is 3.31. The number of nitrogen functional groups attached to an aromatic ring is 1. The number of carbonyl (C=O) groups excluding carboxylic acids is 1. The van der Waals surface area contributed by atoms with Crippen LogP contribution in [0.15, 0.2) is 46.6 Å². The van der Waals surface area contributed by atoms with Crippen LogP contribution < -0.4 is 5.73 Å². The van der Waals surface area contributed by atoms with Crippen molar-refractivity contribution in [2.45, 2.75) is 19.5 Å². The number of rotatable bonds is 3. The molecule has 162 valence electrons. The minimum Gasteiger partial charge on any atom is -0.383 e. The molecule has 0 atom stereocenters. The van der Waals surface area contributed by atoms with Crippen molar-refractivity contribution in [1.82, 2.24) is 19.7 Å². The number of nitrogens with zero attached hydrogens (tertiary/aromatic N) is 3. The number of nitrogens with two attached hydrogens (primary N) is 1. The summed E-state index contributed by atoms with van der Waals surface area (Å²) in [7, 11) is 0. The fourth-order valence-electron chi connectivity index (χ4n) is 3.90. The summed E-state index contributed by atoms with van der Waals surface area (Å²) in [5, 5.41) is 4.25. The average molecular weight is 502 g/mol. The SMILES string of the molecule is Cc1nc2ccc(-n3ncc(C(=O)C4=Cc5cc(Br)c(C(F)(F)F)cc5C4)c3N)cc2[nH]1. The summed E-state index contributed by atoms with van der Waals surface area (Å²) in [5.74, 6) is 0.558. The van der Waals surface area contributed by atoms with Gasteiger partial charge in [-0.2, -0.15) is 18.3 Å². The summed E-state index contributed by atoms with van der Waals surface area (Å²) < 4.78 is 41.0. The van der Waals surface area contributed by atoms with E-state index in [4.69, 9.17) is 5.73 Å². The number of ketones is 1. The predicted molar refractivity (Wildman–Crippen MR) is 118 cm³/mol. The number of alkyl halides is 3. The second-order valence-electron chi connectivity index (χ2n) is 7.58. The zero-order valence-electron chi connectivity index (χ0n) is 16.6. The highest BCUT2D eigenvalue weighted by molar-refractivity contribution is 9.10. The number of hydrogen-bond acceptors (Lipinski definition) is 4. The molecule has 0 aliphatic heterocycles. The third-order valence-electron chi connectivity index (χ3n) is 5.42. The summed E-state index contributed by atoms with van der Waals surface area (Å²) in [4.78, 5) is 20.6. The van der Waals surface area contributed by atoms with Gasteiger partial charge in [-0.15, -0.1) is 0 Å². The molecule has 0 unspecified atom stereocenters. The van der Waals surface area contributed by atoms with Crippen LogP contribution in [-0.4, -0.2) is 25.5 Å². The van der Waals surface area contributed by atoms with Gasteiger partial charge in [0, 0.05) is 16.5 Å². The number of fused-ring (bicyclic) bond motifs is 2. The molecule has 0 amide bonds. The maximum absolute atomic E-state index is 13.2. The number of Topliss-reactive ketones (excluding diaryl/α,β-unsaturated/α-hetero) is 1.